The molecule has 8 heteroatoms. The van der Waals surface area contributed by atoms with Crippen molar-refractivity contribution >= 4 is 39.8 Å². The lowest BCUT2D eigenvalue weighted by molar-refractivity contribution is -0.135. The molecule has 202 valence electrons. The Hall–Kier alpha value is -3.10. The van der Waals surface area contributed by atoms with Crippen molar-refractivity contribution in [3.8, 4) is 0 Å². The van der Waals surface area contributed by atoms with Gasteiger partial charge in [-0.3, -0.25) is 13.8 Å². The molecule has 1 N–H and O–H groups in total. The molecule has 1 fully saturated rings. The SMILES string of the molecule is CC1=C(C(C)C(=O)N(C)CCN(C)C(=O)[C@@H]2CCCN2)c2cc(F)ccc2/C1=C\c1ccc(S(C)=O)cc1. The summed E-state index contributed by atoms with van der Waals surface area (Å²) in [5.41, 5.74) is 5.24. The maximum Gasteiger partial charge on any atom is 0.239 e. The van der Waals surface area contributed by atoms with Gasteiger partial charge < -0.3 is 15.1 Å². The molecule has 2 aromatic carbocycles. The molecule has 4 rings (SSSR count). The Morgan fingerprint density at radius 1 is 1.11 bits per heavy atom. The van der Waals surface area contributed by atoms with Gasteiger partial charge in [0.05, 0.1) is 12.0 Å². The maximum absolute atomic E-state index is 14.4. The molecule has 2 aliphatic rings. The van der Waals surface area contributed by atoms with E-state index in [1.165, 1.54) is 12.1 Å². The van der Waals surface area contributed by atoms with Gasteiger partial charge in [0.25, 0.3) is 0 Å². The highest BCUT2D eigenvalue weighted by atomic mass is 32.2. The van der Waals surface area contributed by atoms with Crippen LogP contribution in [0.2, 0.25) is 0 Å². The topological polar surface area (TPSA) is 69.7 Å². The monoisotopic (exact) mass is 537 g/mol. The number of rotatable bonds is 8. The van der Waals surface area contributed by atoms with Crippen molar-refractivity contribution in [2.45, 2.75) is 37.6 Å². The van der Waals surface area contributed by atoms with Gasteiger partial charge in [-0.2, -0.15) is 0 Å². The summed E-state index contributed by atoms with van der Waals surface area (Å²) < 4.78 is 26.1. The number of fused-ring (bicyclic) bond motifs is 1. The summed E-state index contributed by atoms with van der Waals surface area (Å²) in [5.74, 6) is -0.860. The first kappa shape index (κ1) is 27.9. The highest BCUT2D eigenvalue weighted by Crippen LogP contribution is 2.46. The number of carbonyl (C=O) groups excluding carboxylic acids is 2. The number of hydrogen-bond donors (Lipinski definition) is 1. The lowest BCUT2D eigenvalue weighted by Crippen LogP contribution is -2.45. The third kappa shape index (κ3) is 5.81. The molecule has 38 heavy (non-hydrogen) atoms. The summed E-state index contributed by atoms with van der Waals surface area (Å²) in [6.07, 6.45) is 5.51. The zero-order valence-corrected chi connectivity index (χ0v) is 23.5. The lowest BCUT2D eigenvalue weighted by atomic mass is 9.92. The van der Waals surface area contributed by atoms with E-state index in [2.05, 4.69) is 5.32 Å². The second-order valence-electron chi connectivity index (χ2n) is 10.2. The van der Waals surface area contributed by atoms with Crippen molar-refractivity contribution in [1.29, 1.82) is 0 Å². The molecule has 0 saturated carbocycles. The summed E-state index contributed by atoms with van der Waals surface area (Å²) in [5, 5.41) is 3.22. The summed E-state index contributed by atoms with van der Waals surface area (Å²) >= 11 is 0. The maximum atomic E-state index is 14.4. The predicted molar refractivity (Wildman–Crippen MR) is 151 cm³/mol. The molecule has 1 saturated heterocycles. The van der Waals surface area contributed by atoms with Crippen LogP contribution in [0.1, 0.15) is 43.4 Å². The van der Waals surface area contributed by atoms with E-state index < -0.39 is 16.7 Å². The molecule has 0 spiro atoms. The minimum atomic E-state index is -1.06. The highest BCUT2D eigenvalue weighted by Gasteiger charge is 2.32. The van der Waals surface area contributed by atoms with E-state index >= 15 is 0 Å². The number of nitrogens with one attached hydrogen (secondary N) is 1. The fourth-order valence-electron chi connectivity index (χ4n) is 5.33. The average molecular weight is 538 g/mol. The average Bonchev–Trinajstić information content (AvgIpc) is 3.53. The van der Waals surface area contributed by atoms with Crippen molar-refractivity contribution in [2.75, 3.05) is 40.0 Å². The van der Waals surface area contributed by atoms with Gasteiger partial charge in [0, 0.05) is 49.1 Å². The van der Waals surface area contributed by atoms with Gasteiger partial charge in [-0.1, -0.05) is 18.2 Å². The van der Waals surface area contributed by atoms with Crippen molar-refractivity contribution in [3.63, 3.8) is 0 Å². The van der Waals surface area contributed by atoms with Crippen LogP contribution in [0.3, 0.4) is 0 Å². The molecule has 0 bridgehead atoms. The number of benzene rings is 2. The quantitative estimate of drug-likeness (QED) is 0.548. The van der Waals surface area contributed by atoms with E-state index in [-0.39, 0.29) is 23.7 Å². The Kier molecular flexibility index (Phi) is 8.63. The van der Waals surface area contributed by atoms with Crippen molar-refractivity contribution in [3.05, 3.63) is 70.5 Å². The van der Waals surface area contributed by atoms with E-state index in [1.54, 1.807) is 36.2 Å². The molecule has 2 unspecified atom stereocenters. The summed E-state index contributed by atoms with van der Waals surface area (Å²) in [6, 6.07) is 12.1. The molecule has 1 aliphatic heterocycles. The van der Waals surface area contributed by atoms with Gasteiger partial charge in [-0.25, -0.2) is 4.39 Å². The molecule has 2 aromatic rings. The zero-order chi connectivity index (χ0) is 27.6. The minimum Gasteiger partial charge on any atom is -0.343 e. The van der Waals surface area contributed by atoms with Crippen LogP contribution in [0.5, 0.6) is 0 Å². The highest BCUT2D eigenvalue weighted by molar-refractivity contribution is 7.84. The van der Waals surface area contributed by atoms with E-state index in [0.717, 1.165) is 57.7 Å². The fraction of sp³-hybridized carbons (Fsp3) is 0.400. The standard InChI is InChI=1S/C30H36FN3O3S/c1-19-25(17-21-8-11-23(12-9-21)38(5)37)24-13-10-22(31)18-26(24)28(19)20(2)29(35)33(3)15-16-34(4)30(36)27-7-6-14-32-27/h8-13,17-18,20,27,32H,6-7,14-16H2,1-5H3/b25-17-/t20?,27-,38?/m0/s1. The number of allylic oxidation sites excluding steroid dienone is 2. The van der Waals surface area contributed by atoms with Crippen molar-refractivity contribution < 1.29 is 18.2 Å². The molecule has 1 aliphatic carbocycles. The van der Waals surface area contributed by atoms with Crippen LogP contribution in [-0.4, -0.2) is 71.9 Å². The van der Waals surface area contributed by atoms with E-state index in [9.17, 15) is 18.2 Å². The van der Waals surface area contributed by atoms with Crippen LogP contribution < -0.4 is 5.32 Å². The van der Waals surface area contributed by atoms with Gasteiger partial charge in [0.2, 0.25) is 11.8 Å². The lowest BCUT2D eigenvalue weighted by Gasteiger charge is -2.27. The van der Waals surface area contributed by atoms with Crippen LogP contribution in [-0.2, 0) is 20.4 Å². The number of halogens is 1. The van der Waals surface area contributed by atoms with Gasteiger partial charge in [0.15, 0.2) is 0 Å². The smallest absolute Gasteiger partial charge is 0.239 e. The van der Waals surface area contributed by atoms with Crippen LogP contribution in [0.15, 0.2) is 52.9 Å². The van der Waals surface area contributed by atoms with Gasteiger partial charge >= 0.3 is 0 Å². The first-order valence-corrected chi connectivity index (χ1v) is 14.5. The van der Waals surface area contributed by atoms with E-state index in [1.807, 2.05) is 44.2 Å². The summed E-state index contributed by atoms with van der Waals surface area (Å²) in [7, 11) is 2.46. The predicted octanol–water partition coefficient (Wildman–Crippen LogP) is 4.20. The Balaban J connectivity index is 1.55. The molecule has 0 aromatic heterocycles. The van der Waals surface area contributed by atoms with Gasteiger partial charge in [-0.05, 0) is 97.0 Å². The van der Waals surface area contributed by atoms with Gasteiger partial charge in [-0.15, -0.1) is 0 Å². The largest absolute Gasteiger partial charge is 0.343 e. The van der Waals surface area contributed by atoms with Crippen LogP contribution in [0.4, 0.5) is 4.39 Å². The Labute approximate surface area is 227 Å². The normalized spacial score (nSPS) is 19.4. The van der Waals surface area contributed by atoms with Crippen molar-refractivity contribution in [2.24, 2.45) is 5.92 Å². The molecule has 0 radical (unpaired) electrons. The molecule has 1 heterocycles. The molecule has 6 nitrogen and oxygen atoms in total. The molecular weight excluding hydrogens is 501 g/mol. The number of carbonyl (C=O) groups is 2. The Bertz CT molecular complexity index is 1310. The Morgan fingerprint density at radius 2 is 1.79 bits per heavy atom. The third-order valence-electron chi connectivity index (χ3n) is 7.58. The van der Waals surface area contributed by atoms with Crippen molar-refractivity contribution in [1.82, 2.24) is 15.1 Å². The molecular formula is C30H36FN3O3S. The van der Waals surface area contributed by atoms with Crippen LogP contribution >= 0.6 is 0 Å². The second kappa shape index (κ2) is 11.7. The van der Waals surface area contributed by atoms with Crippen LogP contribution in [0, 0.1) is 11.7 Å². The Morgan fingerprint density at radius 3 is 2.42 bits per heavy atom. The summed E-state index contributed by atoms with van der Waals surface area (Å²) in [6.45, 7) is 5.54. The first-order chi connectivity index (χ1) is 18.1. The fourth-order valence-corrected chi connectivity index (χ4v) is 5.84. The van der Waals surface area contributed by atoms with Gasteiger partial charge in [0.1, 0.15) is 5.82 Å². The first-order valence-electron chi connectivity index (χ1n) is 13.0. The third-order valence-corrected chi connectivity index (χ3v) is 8.51. The molecule has 3 atom stereocenters. The number of amides is 2. The number of nitrogens with zero attached hydrogens (tertiary/aromatic N) is 2. The van der Waals surface area contributed by atoms with E-state index in [0.29, 0.717) is 13.1 Å². The number of hydrogen-bond acceptors (Lipinski definition) is 4. The second-order valence-corrected chi connectivity index (χ2v) is 11.6. The van der Waals surface area contributed by atoms with Crippen LogP contribution in [0.25, 0.3) is 17.2 Å². The number of likely N-dealkylation sites (N-methyl/N-ethyl adjacent to an activating group) is 2. The zero-order valence-electron chi connectivity index (χ0n) is 22.7. The molecule has 2 amide bonds. The minimum absolute atomic E-state index is 0.0585. The summed E-state index contributed by atoms with van der Waals surface area (Å²) in [4.78, 5) is 30.2. The van der Waals surface area contributed by atoms with E-state index in [4.69, 9.17) is 0 Å².